The highest BCUT2D eigenvalue weighted by atomic mass is 19.4. The van der Waals surface area contributed by atoms with Gasteiger partial charge in [-0.1, -0.05) is 5.16 Å². The van der Waals surface area contributed by atoms with Gasteiger partial charge in [0, 0.05) is 6.42 Å². The molecule has 14 heteroatoms. The fourth-order valence-corrected chi connectivity index (χ4v) is 3.85. The third kappa shape index (κ3) is 7.27. The van der Waals surface area contributed by atoms with Crippen LogP contribution in [0.1, 0.15) is 86.0 Å². The van der Waals surface area contributed by atoms with Crippen LogP contribution >= 0.6 is 0 Å². The van der Waals surface area contributed by atoms with Crippen molar-refractivity contribution in [3.63, 3.8) is 0 Å². The zero-order valence-corrected chi connectivity index (χ0v) is 21.5. The summed E-state index contributed by atoms with van der Waals surface area (Å²) in [4.78, 5) is 29.6. The second kappa shape index (κ2) is 10.7. The summed E-state index contributed by atoms with van der Waals surface area (Å²) in [5.74, 6) is -1.05. The highest BCUT2D eigenvalue weighted by molar-refractivity contribution is 5.93. The number of carbonyl (C=O) groups is 2. The molecule has 1 aliphatic rings. The summed E-state index contributed by atoms with van der Waals surface area (Å²) in [6, 6.07) is 0.610. The molecule has 38 heavy (non-hydrogen) atoms. The van der Waals surface area contributed by atoms with Crippen LogP contribution < -0.4 is 10.6 Å². The van der Waals surface area contributed by atoms with Crippen LogP contribution in [0.25, 0.3) is 5.65 Å². The largest absolute Gasteiger partial charge is 0.389 e. The number of amides is 2. The van der Waals surface area contributed by atoms with Crippen molar-refractivity contribution in [2.75, 3.05) is 6.61 Å². The molecule has 0 aliphatic heterocycles. The molecular formula is C24H30F3N7O4. The maximum absolute atomic E-state index is 12.8. The van der Waals surface area contributed by atoms with E-state index in [-0.39, 0.29) is 18.2 Å². The van der Waals surface area contributed by atoms with E-state index in [4.69, 9.17) is 4.74 Å². The van der Waals surface area contributed by atoms with Crippen molar-refractivity contribution in [1.82, 2.24) is 35.5 Å². The Hall–Kier alpha value is -3.55. The van der Waals surface area contributed by atoms with Gasteiger partial charge >= 0.3 is 6.18 Å². The quantitative estimate of drug-likeness (QED) is 0.400. The maximum atomic E-state index is 12.8. The molecule has 0 saturated heterocycles. The van der Waals surface area contributed by atoms with Crippen molar-refractivity contribution in [2.24, 2.45) is 5.92 Å². The predicted octanol–water partition coefficient (Wildman–Crippen LogP) is 3.62. The number of aromatic nitrogens is 5. The summed E-state index contributed by atoms with van der Waals surface area (Å²) in [5, 5.41) is 17.2. The number of fused-ring (bicyclic) bond motifs is 1. The second-order valence-electron chi connectivity index (χ2n) is 10.4. The van der Waals surface area contributed by atoms with Crippen molar-refractivity contribution in [3.05, 3.63) is 41.1 Å². The smallest absolute Gasteiger partial charge is 0.373 e. The van der Waals surface area contributed by atoms with Gasteiger partial charge in [-0.3, -0.25) is 9.59 Å². The zero-order valence-electron chi connectivity index (χ0n) is 21.5. The lowest BCUT2D eigenvalue weighted by Crippen LogP contribution is -2.35. The number of alkyl halides is 3. The minimum atomic E-state index is -4.40. The van der Waals surface area contributed by atoms with Crippen LogP contribution in [0.5, 0.6) is 0 Å². The number of ether oxygens (including phenoxy) is 1. The summed E-state index contributed by atoms with van der Waals surface area (Å²) < 4.78 is 49.7. The Morgan fingerprint density at radius 3 is 2.55 bits per heavy atom. The molecule has 0 radical (unpaired) electrons. The van der Waals surface area contributed by atoms with Crippen molar-refractivity contribution >= 4 is 17.5 Å². The molecule has 0 spiro atoms. The van der Waals surface area contributed by atoms with Gasteiger partial charge in [0.2, 0.25) is 5.91 Å². The van der Waals surface area contributed by atoms with E-state index in [2.05, 4.69) is 35.7 Å². The van der Waals surface area contributed by atoms with Crippen LogP contribution in [0, 0.1) is 12.8 Å². The van der Waals surface area contributed by atoms with Crippen molar-refractivity contribution < 1.29 is 32.1 Å². The van der Waals surface area contributed by atoms with E-state index < -0.39 is 48.5 Å². The number of nitrogens with one attached hydrogen (secondary N) is 2. The molecule has 0 bridgehead atoms. The summed E-state index contributed by atoms with van der Waals surface area (Å²) >= 11 is 0. The molecule has 3 aromatic heterocycles. The Kier molecular flexibility index (Phi) is 7.72. The molecule has 2 atom stereocenters. The Balaban J connectivity index is 1.55. The van der Waals surface area contributed by atoms with Crippen LogP contribution in [0.3, 0.4) is 0 Å². The fourth-order valence-electron chi connectivity index (χ4n) is 3.85. The Morgan fingerprint density at radius 2 is 1.95 bits per heavy atom. The van der Waals surface area contributed by atoms with Crippen LogP contribution in [-0.4, -0.2) is 55.1 Å². The fraction of sp³-hybridized carbons (Fsp3) is 0.583. The van der Waals surface area contributed by atoms with Crippen molar-refractivity contribution in [1.29, 1.82) is 0 Å². The van der Waals surface area contributed by atoms with Gasteiger partial charge in [0.1, 0.15) is 5.69 Å². The van der Waals surface area contributed by atoms with E-state index in [0.29, 0.717) is 22.6 Å². The summed E-state index contributed by atoms with van der Waals surface area (Å²) in [5.41, 5.74) is 1.46. The van der Waals surface area contributed by atoms with Gasteiger partial charge < -0.3 is 15.4 Å². The first-order valence-electron chi connectivity index (χ1n) is 12.2. The maximum Gasteiger partial charge on any atom is 0.389 e. The lowest BCUT2D eigenvalue weighted by molar-refractivity contribution is -0.144. The molecule has 1 saturated carbocycles. The monoisotopic (exact) mass is 537 g/mol. The number of nitrogens with zero attached hydrogens (tertiary/aromatic N) is 5. The van der Waals surface area contributed by atoms with Gasteiger partial charge in [0.25, 0.3) is 5.91 Å². The van der Waals surface area contributed by atoms with Gasteiger partial charge in [-0.15, -0.1) is 0 Å². The molecular weight excluding hydrogens is 507 g/mol. The van der Waals surface area contributed by atoms with E-state index in [1.165, 1.54) is 4.52 Å². The molecule has 3 heterocycles. The lowest BCUT2D eigenvalue weighted by atomic mass is 10.0. The zero-order chi connectivity index (χ0) is 27.7. The average Bonchev–Trinajstić information content (AvgIpc) is 3.43. The average molecular weight is 538 g/mol. The van der Waals surface area contributed by atoms with Gasteiger partial charge in [-0.05, 0) is 63.2 Å². The van der Waals surface area contributed by atoms with E-state index >= 15 is 0 Å². The predicted molar refractivity (Wildman–Crippen MR) is 127 cm³/mol. The van der Waals surface area contributed by atoms with Gasteiger partial charge in [-0.2, -0.15) is 18.3 Å². The molecule has 1 aliphatic carbocycles. The third-order valence-corrected chi connectivity index (χ3v) is 5.98. The first-order valence-corrected chi connectivity index (χ1v) is 12.2. The molecule has 1 fully saturated rings. The lowest BCUT2D eigenvalue weighted by Gasteiger charge is -2.24. The second-order valence-corrected chi connectivity index (χ2v) is 10.4. The molecule has 2 amide bonds. The van der Waals surface area contributed by atoms with E-state index in [0.717, 1.165) is 12.8 Å². The van der Waals surface area contributed by atoms with E-state index in [1.54, 1.807) is 25.4 Å². The summed E-state index contributed by atoms with van der Waals surface area (Å²) in [7, 11) is 0. The van der Waals surface area contributed by atoms with Crippen LogP contribution in [0.2, 0.25) is 0 Å². The number of hydrogen-bond donors (Lipinski definition) is 2. The first kappa shape index (κ1) is 27.5. The van der Waals surface area contributed by atoms with E-state index in [1.807, 2.05) is 20.8 Å². The number of halogens is 3. The minimum absolute atomic E-state index is 0.0449. The van der Waals surface area contributed by atoms with Crippen LogP contribution in [-0.2, 0) is 9.53 Å². The number of aryl methyl sites for hydroxylation is 1. The third-order valence-electron chi connectivity index (χ3n) is 5.98. The first-order chi connectivity index (χ1) is 17.8. The number of rotatable bonds is 10. The van der Waals surface area contributed by atoms with Gasteiger partial charge in [0.15, 0.2) is 11.3 Å². The normalized spacial score (nSPS) is 15.9. The molecule has 11 nitrogen and oxygen atoms in total. The van der Waals surface area contributed by atoms with Crippen LogP contribution in [0.4, 0.5) is 13.2 Å². The van der Waals surface area contributed by atoms with Crippen molar-refractivity contribution in [2.45, 2.75) is 77.2 Å². The minimum Gasteiger partial charge on any atom is -0.373 e. The van der Waals surface area contributed by atoms with E-state index in [9.17, 15) is 22.8 Å². The SMILES string of the molecule is Cc1nonc1C(=O)N[C@@H](COC(C)(C)C)c1cn2ncc(C(NC(=O)CCC(F)(F)F)C3CC3)cc2n1. The molecule has 0 aromatic carbocycles. The topological polar surface area (TPSA) is 137 Å². The molecule has 1 unspecified atom stereocenters. The highest BCUT2D eigenvalue weighted by Gasteiger charge is 2.35. The molecule has 2 N–H and O–H groups in total. The molecule has 3 aromatic rings. The Labute approximate surface area is 216 Å². The standard InChI is InChI=1S/C24H30F3N7O4/c1-13-20(33-38-32-13)22(36)30-17(12-37-23(2,3)4)16-11-34-18(29-16)9-15(10-28-34)21(14-5-6-14)31-19(35)7-8-24(25,26)27/h9-11,14,17,21H,5-8,12H2,1-4H3,(H,30,36)(H,31,35)/t17-,21?/m0/s1. The highest BCUT2D eigenvalue weighted by Crippen LogP contribution is 2.41. The van der Waals surface area contributed by atoms with Crippen molar-refractivity contribution in [3.8, 4) is 0 Å². The Morgan fingerprint density at radius 1 is 1.21 bits per heavy atom. The number of hydrogen-bond acceptors (Lipinski definition) is 8. The number of carbonyl (C=O) groups excluding carboxylic acids is 2. The van der Waals surface area contributed by atoms with Crippen LogP contribution in [0.15, 0.2) is 23.1 Å². The molecule has 4 rings (SSSR count). The molecule has 206 valence electrons. The summed E-state index contributed by atoms with van der Waals surface area (Å²) in [6.07, 6.45) is -1.29. The van der Waals surface area contributed by atoms with Gasteiger partial charge in [0.05, 0.1) is 48.8 Å². The Bertz CT molecular complexity index is 1290. The van der Waals surface area contributed by atoms with Gasteiger partial charge in [-0.25, -0.2) is 14.1 Å². The summed E-state index contributed by atoms with van der Waals surface area (Å²) in [6.45, 7) is 7.36. The number of imidazole rings is 1.